The van der Waals surface area contributed by atoms with Gasteiger partial charge in [-0.15, -0.1) is 0 Å². The number of hydrogen-bond donors (Lipinski definition) is 2. The van der Waals surface area contributed by atoms with E-state index in [1.54, 1.807) is 6.92 Å². The Balaban J connectivity index is 2.07. The number of nitrogen functional groups attached to an aromatic ring is 1. The van der Waals surface area contributed by atoms with Gasteiger partial charge in [-0.2, -0.15) is 0 Å². The van der Waals surface area contributed by atoms with Crippen molar-refractivity contribution in [2.45, 2.75) is 13.5 Å². The van der Waals surface area contributed by atoms with Crippen molar-refractivity contribution in [2.75, 3.05) is 5.73 Å². The summed E-state index contributed by atoms with van der Waals surface area (Å²) in [5.41, 5.74) is 7.48. The van der Waals surface area contributed by atoms with Crippen LogP contribution < -0.4 is 11.1 Å². The predicted octanol–water partition coefficient (Wildman–Crippen LogP) is 3.41. The second-order valence-electron chi connectivity index (χ2n) is 4.48. The molecule has 0 saturated carbocycles. The van der Waals surface area contributed by atoms with Crippen LogP contribution in [0.2, 0.25) is 0 Å². The van der Waals surface area contributed by atoms with Gasteiger partial charge in [0.05, 0.1) is 0 Å². The fourth-order valence-electron chi connectivity index (χ4n) is 1.72. The van der Waals surface area contributed by atoms with Crippen molar-refractivity contribution in [3.63, 3.8) is 0 Å². The SMILES string of the molecule is Cc1c(N)cc(C(=O)NCc2ccc(Br)cc2)cc1F. The minimum absolute atomic E-state index is 0.225. The zero-order valence-electron chi connectivity index (χ0n) is 10.9. The normalized spacial score (nSPS) is 10.3. The number of nitrogens with two attached hydrogens (primary N) is 1. The van der Waals surface area contributed by atoms with Crippen molar-refractivity contribution in [3.05, 3.63) is 63.4 Å². The molecule has 0 atom stereocenters. The van der Waals surface area contributed by atoms with Gasteiger partial charge in [-0.1, -0.05) is 28.1 Å². The molecule has 1 amide bonds. The molecular formula is C15H14BrFN2O. The Morgan fingerprint density at radius 2 is 1.95 bits per heavy atom. The lowest BCUT2D eigenvalue weighted by atomic mass is 10.1. The van der Waals surface area contributed by atoms with Crippen LogP contribution in [0, 0.1) is 12.7 Å². The van der Waals surface area contributed by atoms with Crippen LogP contribution in [0.25, 0.3) is 0 Å². The monoisotopic (exact) mass is 336 g/mol. The molecule has 2 aromatic rings. The smallest absolute Gasteiger partial charge is 0.251 e. The minimum Gasteiger partial charge on any atom is -0.398 e. The highest BCUT2D eigenvalue weighted by atomic mass is 79.9. The third-order valence-electron chi connectivity index (χ3n) is 3.01. The molecule has 0 heterocycles. The molecule has 3 N–H and O–H groups in total. The van der Waals surface area contributed by atoms with Gasteiger partial charge in [-0.3, -0.25) is 4.79 Å². The largest absolute Gasteiger partial charge is 0.398 e. The van der Waals surface area contributed by atoms with E-state index >= 15 is 0 Å². The fourth-order valence-corrected chi connectivity index (χ4v) is 1.98. The molecule has 20 heavy (non-hydrogen) atoms. The molecule has 0 aliphatic heterocycles. The minimum atomic E-state index is -0.473. The lowest BCUT2D eigenvalue weighted by Crippen LogP contribution is -2.23. The lowest BCUT2D eigenvalue weighted by molar-refractivity contribution is 0.0950. The quantitative estimate of drug-likeness (QED) is 0.844. The maximum absolute atomic E-state index is 13.5. The van der Waals surface area contributed by atoms with E-state index < -0.39 is 5.82 Å². The Labute approximate surface area is 125 Å². The van der Waals surface area contributed by atoms with Crippen LogP contribution in [0.4, 0.5) is 10.1 Å². The van der Waals surface area contributed by atoms with E-state index in [1.165, 1.54) is 12.1 Å². The fraction of sp³-hybridized carbons (Fsp3) is 0.133. The molecule has 3 nitrogen and oxygen atoms in total. The molecular weight excluding hydrogens is 323 g/mol. The first kappa shape index (κ1) is 14.5. The van der Waals surface area contributed by atoms with Crippen LogP contribution in [-0.4, -0.2) is 5.91 Å². The van der Waals surface area contributed by atoms with Crippen LogP contribution in [0.5, 0.6) is 0 Å². The third-order valence-corrected chi connectivity index (χ3v) is 3.54. The highest BCUT2D eigenvalue weighted by Gasteiger charge is 2.10. The Kier molecular flexibility index (Phi) is 4.39. The molecule has 0 aliphatic rings. The zero-order chi connectivity index (χ0) is 14.7. The van der Waals surface area contributed by atoms with E-state index in [4.69, 9.17) is 5.73 Å². The number of carbonyl (C=O) groups is 1. The average molecular weight is 337 g/mol. The summed E-state index contributed by atoms with van der Waals surface area (Å²) in [5, 5.41) is 2.73. The Morgan fingerprint density at radius 3 is 2.55 bits per heavy atom. The number of halogens is 2. The topological polar surface area (TPSA) is 55.1 Å². The Morgan fingerprint density at radius 1 is 1.30 bits per heavy atom. The van der Waals surface area contributed by atoms with Gasteiger partial charge < -0.3 is 11.1 Å². The van der Waals surface area contributed by atoms with Gasteiger partial charge in [0.2, 0.25) is 0 Å². The number of carbonyl (C=O) groups excluding carboxylic acids is 1. The second-order valence-corrected chi connectivity index (χ2v) is 5.40. The molecule has 0 aliphatic carbocycles. The van der Waals surface area contributed by atoms with Crippen LogP contribution in [0.1, 0.15) is 21.5 Å². The summed E-state index contributed by atoms with van der Waals surface area (Å²) in [6, 6.07) is 10.3. The maximum atomic E-state index is 13.5. The first-order chi connectivity index (χ1) is 9.47. The molecule has 0 fully saturated rings. The van der Waals surface area contributed by atoms with Gasteiger partial charge in [-0.25, -0.2) is 4.39 Å². The molecule has 0 saturated heterocycles. The van der Waals surface area contributed by atoms with E-state index in [0.29, 0.717) is 12.1 Å². The van der Waals surface area contributed by atoms with Crippen molar-refractivity contribution < 1.29 is 9.18 Å². The van der Waals surface area contributed by atoms with Crippen molar-refractivity contribution in [3.8, 4) is 0 Å². The number of anilines is 1. The Hall–Kier alpha value is -1.88. The van der Waals surface area contributed by atoms with Crippen molar-refractivity contribution >= 4 is 27.5 Å². The summed E-state index contributed by atoms with van der Waals surface area (Å²) in [5.74, 6) is -0.822. The van der Waals surface area contributed by atoms with Crippen molar-refractivity contribution in [2.24, 2.45) is 0 Å². The van der Waals surface area contributed by atoms with Gasteiger partial charge in [0, 0.05) is 27.8 Å². The summed E-state index contributed by atoms with van der Waals surface area (Å²) >= 11 is 3.34. The third kappa shape index (κ3) is 3.36. The van der Waals surface area contributed by atoms with Crippen LogP contribution in [-0.2, 0) is 6.54 Å². The predicted molar refractivity (Wildman–Crippen MR) is 80.9 cm³/mol. The number of benzene rings is 2. The van der Waals surface area contributed by atoms with Crippen molar-refractivity contribution in [1.29, 1.82) is 0 Å². The van der Waals surface area contributed by atoms with Crippen LogP contribution in [0.15, 0.2) is 40.9 Å². The van der Waals surface area contributed by atoms with Crippen LogP contribution in [0.3, 0.4) is 0 Å². The van der Waals surface area contributed by atoms with Gasteiger partial charge in [-0.05, 0) is 36.8 Å². The molecule has 0 spiro atoms. The van der Waals surface area contributed by atoms with E-state index in [-0.39, 0.29) is 17.2 Å². The van der Waals surface area contributed by atoms with Gasteiger partial charge in [0.1, 0.15) is 5.82 Å². The number of hydrogen-bond acceptors (Lipinski definition) is 2. The lowest BCUT2D eigenvalue weighted by Gasteiger charge is -2.08. The first-order valence-electron chi connectivity index (χ1n) is 6.05. The van der Waals surface area contributed by atoms with E-state index in [1.807, 2.05) is 24.3 Å². The highest BCUT2D eigenvalue weighted by Crippen LogP contribution is 2.17. The van der Waals surface area contributed by atoms with Gasteiger partial charge >= 0.3 is 0 Å². The number of nitrogens with one attached hydrogen (secondary N) is 1. The second kappa shape index (κ2) is 6.05. The molecule has 5 heteroatoms. The van der Waals surface area contributed by atoms with E-state index in [0.717, 1.165) is 10.0 Å². The first-order valence-corrected chi connectivity index (χ1v) is 6.85. The zero-order valence-corrected chi connectivity index (χ0v) is 12.5. The average Bonchev–Trinajstić information content (AvgIpc) is 2.43. The molecule has 2 rings (SSSR count). The maximum Gasteiger partial charge on any atom is 0.251 e. The van der Waals surface area contributed by atoms with Crippen LogP contribution >= 0.6 is 15.9 Å². The van der Waals surface area contributed by atoms with E-state index in [9.17, 15) is 9.18 Å². The Bertz CT molecular complexity index is 618. The molecule has 0 aromatic heterocycles. The standard InChI is InChI=1S/C15H14BrFN2O/c1-9-13(17)6-11(7-14(9)18)15(20)19-8-10-2-4-12(16)5-3-10/h2-7H,8,18H2,1H3,(H,19,20). The molecule has 2 aromatic carbocycles. The van der Waals surface area contributed by atoms with Crippen molar-refractivity contribution in [1.82, 2.24) is 5.32 Å². The molecule has 0 radical (unpaired) electrons. The molecule has 0 bridgehead atoms. The highest BCUT2D eigenvalue weighted by molar-refractivity contribution is 9.10. The summed E-state index contributed by atoms with van der Waals surface area (Å²) in [6.07, 6.45) is 0. The summed E-state index contributed by atoms with van der Waals surface area (Å²) < 4.78 is 14.5. The molecule has 0 unspecified atom stereocenters. The van der Waals surface area contributed by atoms with Gasteiger partial charge in [0.25, 0.3) is 5.91 Å². The number of amides is 1. The van der Waals surface area contributed by atoms with Gasteiger partial charge in [0.15, 0.2) is 0 Å². The summed E-state index contributed by atoms with van der Waals surface area (Å²) in [4.78, 5) is 12.0. The summed E-state index contributed by atoms with van der Waals surface area (Å²) in [6.45, 7) is 1.95. The molecule has 104 valence electrons. The summed E-state index contributed by atoms with van der Waals surface area (Å²) in [7, 11) is 0. The number of rotatable bonds is 3. The van der Waals surface area contributed by atoms with E-state index in [2.05, 4.69) is 21.2 Å².